The highest BCUT2D eigenvalue weighted by atomic mass is 35.5. The zero-order chi connectivity index (χ0) is 19.7. The van der Waals surface area contributed by atoms with Crippen molar-refractivity contribution in [3.8, 4) is 0 Å². The van der Waals surface area contributed by atoms with Gasteiger partial charge in [-0.2, -0.15) is 0 Å². The molecule has 29 heavy (non-hydrogen) atoms. The lowest BCUT2D eigenvalue weighted by Crippen LogP contribution is -2.51. The average molecular weight is 438 g/mol. The van der Waals surface area contributed by atoms with Crippen molar-refractivity contribution in [2.24, 2.45) is 33.5 Å². The molecule has 2 fully saturated rings. The third-order valence-corrected chi connectivity index (χ3v) is 6.79. The maximum atomic E-state index is 12.9. The second-order valence-corrected chi connectivity index (χ2v) is 8.48. The van der Waals surface area contributed by atoms with Crippen LogP contribution in [0.4, 0.5) is 0 Å². The normalized spacial score (nSPS) is 31.4. The molecule has 2 saturated carbocycles. The van der Waals surface area contributed by atoms with Gasteiger partial charge in [0, 0.05) is 17.4 Å². The van der Waals surface area contributed by atoms with E-state index in [1.54, 1.807) is 13.1 Å². The van der Waals surface area contributed by atoms with Gasteiger partial charge in [0.15, 0.2) is 5.17 Å². The quantitative estimate of drug-likeness (QED) is 0.684. The first-order valence-electron chi connectivity index (χ1n) is 9.45. The van der Waals surface area contributed by atoms with E-state index in [9.17, 15) is 9.59 Å². The van der Waals surface area contributed by atoms with E-state index in [1.165, 1.54) is 11.8 Å². The number of hydrogen-bond donors (Lipinski definition) is 1. The number of benzene rings is 1. The first-order valence-corrected chi connectivity index (χ1v) is 10.3. The summed E-state index contributed by atoms with van der Waals surface area (Å²) >= 11 is 1.49. The van der Waals surface area contributed by atoms with Crippen LogP contribution in [0.2, 0.25) is 0 Å². The summed E-state index contributed by atoms with van der Waals surface area (Å²) in [5, 5.41) is 0.669. The van der Waals surface area contributed by atoms with E-state index in [2.05, 4.69) is 9.98 Å². The van der Waals surface area contributed by atoms with Crippen molar-refractivity contribution in [2.75, 3.05) is 13.2 Å². The predicted molar refractivity (Wildman–Crippen MR) is 114 cm³/mol. The molecule has 1 aromatic carbocycles. The lowest BCUT2D eigenvalue weighted by Gasteiger charge is -2.27. The fourth-order valence-electron chi connectivity index (χ4n) is 4.29. The Morgan fingerprint density at radius 2 is 2.03 bits per heavy atom. The highest BCUT2D eigenvalue weighted by Gasteiger charge is 2.74. The molecule has 0 aromatic heterocycles. The summed E-state index contributed by atoms with van der Waals surface area (Å²) in [6.45, 7) is 2.81. The molecule has 2 aliphatic carbocycles. The van der Waals surface area contributed by atoms with E-state index in [0.29, 0.717) is 24.7 Å². The van der Waals surface area contributed by atoms with Gasteiger partial charge in [-0.25, -0.2) is 4.99 Å². The second kappa shape index (κ2) is 8.85. The molecule has 9 heteroatoms. The van der Waals surface area contributed by atoms with Crippen molar-refractivity contribution in [3.05, 3.63) is 35.9 Å². The molecule has 1 aromatic rings. The molecule has 156 valence electrons. The molecule has 4 rings (SSSR count). The van der Waals surface area contributed by atoms with Crippen molar-refractivity contribution >= 4 is 47.5 Å². The molecule has 2 N–H and O–H groups in total. The molecular formula is C20H24ClN3O4S. The van der Waals surface area contributed by atoms with E-state index in [1.807, 2.05) is 30.3 Å². The van der Waals surface area contributed by atoms with Crippen molar-refractivity contribution in [3.63, 3.8) is 0 Å². The Balaban J connectivity index is 0.00000240. The Kier molecular flexibility index (Phi) is 6.65. The van der Waals surface area contributed by atoms with E-state index in [-0.39, 0.29) is 48.0 Å². The molecule has 0 radical (unpaired) electrons. The molecule has 0 unspecified atom stereocenters. The summed E-state index contributed by atoms with van der Waals surface area (Å²) in [6.07, 6.45) is 2.18. The van der Waals surface area contributed by atoms with Gasteiger partial charge in [0.25, 0.3) is 0 Å². The van der Waals surface area contributed by atoms with Crippen molar-refractivity contribution in [2.45, 2.75) is 30.7 Å². The maximum Gasteiger partial charge on any atom is 0.326 e. The van der Waals surface area contributed by atoms with E-state index >= 15 is 0 Å². The fraction of sp³-hybridized carbons (Fsp3) is 0.500. The number of esters is 2. The summed E-state index contributed by atoms with van der Waals surface area (Å²) in [4.78, 5) is 33.9. The maximum absolute atomic E-state index is 12.9. The predicted octanol–water partition coefficient (Wildman–Crippen LogP) is 2.22. The third-order valence-electron chi connectivity index (χ3n) is 5.56. The summed E-state index contributed by atoms with van der Waals surface area (Å²) in [5.74, 6) is -1.40. The van der Waals surface area contributed by atoms with Crippen molar-refractivity contribution in [1.29, 1.82) is 0 Å². The number of carbonyl (C=O) groups excluding carboxylic acids is 2. The van der Waals surface area contributed by atoms with E-state index in [4.69, 9.17) is 15.2 Å². The summed E-state index contributed by atoms with van der Waals surface area (Å²) in [5.41, 5.74) is 6.27. The Morgan fingerprint density at radius 3 is 2.69 bits per heavy atom. The highest BCUT2D eigenvalue weighted by molar-refractivity contribution is 8.14. The number of aliphatic imine (C=N–C) groups is 2. The highest BCUT2D eigenvalue weighted by Crippen LogP contribution is 2.65. The van der Waals surface area contributed by atoms with Gasteiger partial charge in [-0.3, -0.25) is 14.6 Å². The number of carbonyl (C=O) groups is 2. The lowest BCUT2D eigenvalue weighted by molar-refractivity contribution is -0.153. The summed E-state index contributed by atoms with van der Waals surface area (Å²) < 4.78 is 10.7. The van der Waals surface area contributed by atoms with Gasteiger partial charge in [-0.1, -0.05) is 42.1 Å². The lowest BCUT2D eigenvalue weighted by atomic mass is 9.91. The number of rotatable bonds is 6. The van der Waals surface area contributed by atoms with Gasteiger partial charge < -0.3 is 15.2 Å². The monoisotopic (exact) mass is 437 g/mol. The first kappa shape index (κ1) is 21.8. The molecule has 5 atom stereocenters. The zero-order valence-electron chi connectivity index (χ0n) is 16.0. The Hall–Kier alpha value is -1.90. The molecular weight excluding hydrogens is 414 g/mol. The van der Waals surface area contributed by atoms with Crippen LogP contribution in [0.3, 0.4) is 0 Å². The zero-order valence-corrected chi connectivity index (χ0v) is 17.7. The van der Waals surface area contributed by atoms with Crippen LogP contribution >= 0.6 is 24.2 Å². The fourth-order valence-corrected chi connectivity index (χ4v) is 5.70. The van der Waals surface area contributed by atoms with Crippen LogP contribution in [0.25, 0.3) is 0 Å². The number of hydrogen-bond acceptors (Lipinski definition) is 8. The Morgan fingerprint density at radius 1 is 1.28 bits per heavy atom. The average Bonchev–Trinajstić information content (AvgIpc) is 3.13. The SMILES string of the molecule is CCOC(=O)[C@H]1[C@H]2[C@@H]1[C@](N)(C(=O)OCc1ccccc1)C[C@@H]2SC1=NCC=N1.Cl. The number of nitrogens with two attached hydrogens (primary N) is 1. The standard InChI is InChI=1S/C20H23N3O4S.ClH/c1-2-26-17(24)15-14-13(28-19-22-8-9-23-19)10-20(21,16(14)15)18(25)27-11-12-6-4-3-5-7-12;/h3-8,13-16H,2,9-11,21H2,1H3;1H/t13-,14-,15-,16-,20-;/m0./s1. The molecule has 0 amide bonds. The minimum atomic E-state index is -1.20. The number of nitrogens with zero attached hydrogens (tertiary/aromatic N) is 2. The molecule has 3 aliphatic rings. The summed E-state index contributed by atoms with van der Waals surface area (Å²) in [6, 6.07) is 9.46. The summed E-state index contributed by atoms with van der Waals surface area (Å²) in [7, 11) is 0. The number of thioether (sulfide) groups is 1. The largest absolute Gasteiger partial charge is 0.466 e. The topological polar surface area (TPSA) is 103 Å². The number of amidine groups is 1. The van der Waals surface area contributed by atoms with Crippen molar-refractivity contribution in [1.82, 2.24) is 0 Å². The van der Waals surface area contributed by atoms with Gasteiger partial charge in [0.05, 0.1) is 19.1 Å². The molecule has 0 saturated heterocycles. The van der Waals surface area contributed by atoms with Gasteiger partial charge in [0.1, 0.15) is 12.1 Å². The van der Waals surface area contributed by atoms with Gasteiger partial charge in [0.2, 0.25) is 0 Å². The third kappa shape index (κ3) is 4.20. The molecule has 1 aliphatic heterocycles. The van der Waals surface area contributed by atoms with E-state index < -0.39 is 11.5 Å². The van der Waals surface area contributed by atoms with Crippen LogP contribution in [0.15, 0.2) is 40.3 Å². The number of ether oxygens (including phenoxy) is 2. The number of halogens is 1. The molecule has 7 nitrogen and oxygen atoms in total. The first-order chi connectivity index (χ1) is 13.5. The number of fused-ring (bicyclic) bond motifs is 1. The van der Waals surface area contributed by atoms with Crippen LogP contribution in [0.5, 0.6) is 0 Å². The Bertz CT molecular complexity index is 834. The van der Waals surface area contributed by atoms with Gasteiger partial charge in [-0.15, -0.1) is 12.4 Å². The van der Waals surface area contributed by atoms with Crippen LogP contribution in [0, 0.1) is 17.8 Å². The van der Waals surface area contributed by atoms with Crippen LogP contribution in [-0.2, 0) is 25.7 Å². The molecule has 0 spiro atoms. The van der Waals surface area contributed by atoms with Crippen molar-refractivity contribution < 1.29 is 19.1 Å². The van der Waals surface area contributed by atoms with Gasteiger partial charge in [-0.05, 0) is 24.8 Å². The molecule has 1 heterocycles. The van der Waals surface area contributed by atoms with Gasteiger partial charge >= 0.3 is 11.9 Å². The second-order valence-electron chi connectivity index (χ2n) is 7.28. The minimum absolute atomic E-state index is 0. The van der Waals surface area contributed by atoms with E-state index in [0.717, 1.165) is 5.56 Å². The Labute approximate surface area is 179 Å². The van der Waals surface area contributed by atoms with Crippen LogP contribution in [-0.4, -0.2) is 47.3 Å². The molecule has 0 bridgehead atoms. The minimum Gasteiger partial charge on any atom is -0.466 e. The van der Waals surface area contributed by atoms with Crippen LogP contribution in [0.1, 0.15) is 18.9 Å². The smallest absolute Gasteiger partial charge is 0.326 e. The van der Waals surface area contributed by atoms with Crippen LogP contribution < -0.4 is 5.73 Å².